The Bertz CT molecular complexity index is 929. The number of aromatic nitrogens is 1. The SMILES string of the molecule is Cc1c(C)c2c3ccccc3[nH]c2c2ccccc12. The highest BCUT2D eigenvalue weighted by atomic mass is 14.7. The molecule has 4 rings (SSSR count). The first-order valence-corrected chi connectivity index (χ1v) is 6.65. The van der Waals surface area contributed by atoms with Crippen molar-refractivity contribution in [3.8, 4) is 0 Å². The Kier molecular flexibility index (Phi) is 2.02. The van der Waals surface area contributed by atoms with E-state index >= 15 is 0 Å². The Morgan fingerprint density at radius 3 is 2.11 bits per heavy atom. The van der Waals surface area contributed by atoms with Crippen molar-refractivity contribution in [2.45, 2.75) is 13.8 Å². The van der Waals surface area contributed by atoms with Gasteiger partial charge in [-0.1, -0.05) is 42.5 Å². The first-order valence-electron chi connectivity index (χ1n) is 6.65. The van der Waals surface area contributed by atoms with Gasteiger partial charge in [0, 0.05) is 21.7 Å². The van der Waals surface area contributed by atoms with Crippen LogP contribution in [-0.4, -0.2) is 4.98 Å². The van der Waals surface area contributed by atoms with Crippen molar-refractivity contribution in [3.05, 3.63) is 59.7 Å². The number of hydrogen-bond donors (Lipinski definition) is 1. The molecule has 0 saturated heterocycles. The summed E-state index contributed by atoms with van der Waals surface area (Å²) in [5.74, 6) is 0. The monoisotopic (exact) mass is 245 g/mol. The Morgan fingerprint density at radius 1 is 0.684 bits per heavy atom. The van der Waals surface area contributed by atoms with Crippen molar-refractivity contribution in [2.24, 2.45) is 0 Å². The molecule has 0 fully saturated rings. The minimum atomic E-state index is 1.22. The predicted molar refractivity (Wildman–Crippen MR) is 82.8 cm³/mol. The average molecular weight is 245 g/mol. The summed E-state index contributed by atoms with van der Waals surface area (Å²) in [6, 6.07) is 17.2. The second-order valence-corrected chi connectivity index (χ2v) is 5.22. The standard InChI is InChI=1S/C18H15N/c1-11-12(2)17-15-9-5-6-10-16(15)19-18(17)14-8-4-3-7-13(11)14/h3-10,19H,1-2H3. The lowest BCUT2D eigenvalue weighted by Crippen LogP contribution is -1.86. The topological polar surface area (TPSA) is 15.8 Å². The Hall–Kier alpha value is -2.28. The predicted octanol–water partition coefficient (Wildman–Crippen LogP) is 5.09. The van der Waals surface area contributed by atoms with Gasteiger partial charge < -0.3 is 4.98 Å². The van der Waals surface area contributed by atoms with Crippen LogP contribution >= 0.6 is 0 Å². The van der Waals surface area contributed by atoms with Crippen molar-refractivity contribution in [1.82, 2.24) is 4.98 Å². The number of fused-ring (bicyclic) bond motifs is 5. The van der Waals surface area contributed by atoms with Crippen LogP contribution in [0.25, 0.3) is 32.6 Å². The Morgan fingerprint density at radius 2 is 1.32 bits per heavy atom. The van der Waals surface area contributed by atoms with Gasteiger partial charge in [-0.3, -0.25) is 0 Å². The highest BCUT2D eigenvalue weighted by Crippen LogP contribution is 2.36. The van der Waals surface area contributed by atoms with Crippen LogP contribution in [-0.2, 0) is 0 Å². The second-order valence-electron chi connectivity index (χ2n) is 5.22. The molecule has 0 aliphatic rings. The molecule has 1 heteroatoms. The molecule has 0 bridgehead atoms. The van der Waals surface area contributed by atoms with Crippen LogP contribution in [0.1, 0.15) is 11.1 Å². The van der Waals surface area contributed by atoms with Crippen LogP contribution in [0, 0.1) is 13.8 Å². The molecule has 19 heavy (non-hydrogen) atoms. The molecule has 1 heterocycles. The lowest BCUT2D eigenvalue weighted by Gasteiger charge is -2.08. The fourth-order valence-electron chi connectivity index (χ4n) is 3.15. The van der Waals surface area contributed by atoms with E-state index in [4.69, 9.17) is 0 Å². The molecule has 0 spiro atoms. The van der Waals surface area contributed by atoms with Gasteiger partial charge in [-0.25, -0.2) is 0 Å². The average Bonchev–Trinajstić information content (AvgIpc) is 2.84. The zero-order chi connectivity index (χ0) is 13.0. The van der Waals surface area contributed by atoms with Gasteiger partial charge in [-0.05, 0) is 36.4 Å². The zero-order valence-corrected chi connectivity index (χ0v) is 11.1. The molecule has 3 aromatic carbocycles. The number of para-hydroxylation sites is 1. The maximum absolute atomic E-state index is 3.59. The van der Waals surface area contributed by atoms with E-state index in [1.165, 1.54) is 43.7 Å². The van der Waals surface area contributed by atoms with Crippen LogP contribution in [0.2, 0.25) is 0 Å². The van der Waals surface area contributed by atoms with E-state index in [1.54, 1.807) is 0 Å². The smallest absolute Gasteiger partial charge is 0.0547 e. The molecule has 0 unspecified atom stereocenters. The van der Waals surface area contributed by atoms with Crippen molar-refractivity contribution in [3.63, 3.8) is 0 Å². The lowest BCUT2D eigenvalue weighted by atomic mass is 9.95. The maximum Gasteiger partial charge on any atom is 0.0547 e. The van der Waals surface area contributed by atoms with Gasteiger partial charge in [0.05, 0.1) is 5.52 Å². The van der Waals surface area contributed by atoms with E-state index in [9.17, 15) is 0 Å². The van der Waals surface area contributed by atoms with Crippen LogP contribution in [0.5, 0.6) is 0 Å². The summed E-state index contributed by atoms with van der Waals surface area (Å²) in [6.07, 6.45) is 0. The van der Waals surface area contributed by atoms with Crippen LogP contribution in [0.15, 0.2) is 48.5 Å². The minimum Gasteiger partial charge on any atom is -0.354 e. The zero-order valence-electron chi connectivity index (χ0n) is 11.1. The quantitative estimate of drug-likeness (QED) is 0.444. The van der Waals surface area contributed by atoms with E-state index in [0.29, 0.717) is 0 Å². The molecule has 0 radical (unpaired) electrons. The third-order valence-electron chi connectivity index (χ3n) is 4.24. The molecule has 4 aromatic rings. The van der Waals surface area contributed by atoms with E-state index in [2.05, 4.69) is 67.4 Å². The number of H-pyrrole nitrogens is 1. The molecule has 0 amide bonds. The summed E-state index contributed by atoms with van der Waals surface area (Å²) in [5.41, 5.74) is 5.25. The van der Waals surface area contributed by atoms with Crippen molar-refractivity contribution in [1.29, 1.82) is 0 Å². The summed E-state index contributed by atoms with van der Waals surface area (Å²) >= 11 is 0. The van der Waals surface area contributed by atoms with E-state index in [-0.39, 0.29) is 0 Å². The molecule has 0 atom stereocenters. The van der Waals surface area contributed by atoms with E-state index in [0.717, 1.165) is 0 Å². The lowest BCUT2D eigenvalue weighted by molar-refractivity contribution is 1.42. The van der Waals surface area contributed by atoms with Crippen molar-refractivity contribution in [2.75, 3.05) is 0 Å². The summed E-state index contributed by atoms with van der Waals surface area (Å²) in [7, 11) is 0. The maximum atomic E-state index is 3.59. The number of aromatic amines is 1. The van der Waals surface area contributed by atoms with E-state index < -0.39 is 0 Å². The third kappa shape index (κ3) is 1.30. The van der Waals surface area contributed by atoms with Gasteiger partial charge in [0.1, 0.15) is 0 Å². The van der Waals surface area contributed by atoms with Crippen molar-refractivity contribution >= 4 is 32.6 Å². The van der Waals surface area contributed by atoms with E-state index in [1.807, 2.05) is 0 Å². The normalized spacial score (nSPS) is 11.7. The first-order chi connectivity index (χ1) is 9.27. The summed E-state index contributed by atoms with van der Waals surface area (Å²) < 4.78 is 0. The molecule has 1 nitrogen and oxygen atoms in total. The number of hydrogen-bond acceptors (Lipinski definition) is 0. The van der Waals surface area contributed by atoms with Crippen molar-refractivity contribution < 1.29 is 0 Å². The fraction of sp³-hybridized carbons (Fsp3) is 0.111. The number of rotatable bonds is 0. The van der Waals surface area contributed by atoms with Gasteiger partial charge in [-0.15, -0.1) is 0 Å². The van der Waals surface area contributed by atoms with Gasteiger partial charge in [0.25, 0.3) is 0 Å². The van der Waals surface area contributed by atoms with Crippen LogP contribution in [0.4, 0.5) is 0 Å². The highest BCUT2D eigenvalue weighted by Gasteiger charge is 2.12. The van der Waals surface area contributed by atoms with Gasteiger partial charge >= 0.3 is 0 Å². The molecule has 0 aliphatic heterocycles. The molecular formula is C18H15N. The number of nitrogens with one attached hydrogen (secondary N) is 1. The molecule has 92 valence electrons. The number of benzene rings is 3. The fourth-order valence-corrected chi connectivity index (χ4v) is 3.15. The second kappa shape index (κ2) is 3.61. The largest absolute Gasteiger partial charge is 0.354 e. The third-order valence-corrected chi connectivity index (χ3v) is 4.24. The van der Waals surface area contributed by atoms with Crippen LogP contribution in [0.3, 0.4) is 0 Å². The summed E-state index contributed by atoms with van der Waals surface area (Å²) in [4.78, 5) is 3.59. The van der Waals surface area contributed by atoms with Gasteiger partial charge in [-0.2, -0.15) is 0 Å². The summed E-state index contributed by atoms with van der Waals surface area (Å²) in [6.45, 7) is 4.45. The first kappa shape index (κ1) is 10.6. The highest BCUT2D eigenvalue weighted by molar-refractivity contribution is 6.19. The molecular weight excluding hydrogens is 230 g/mol. The Labute approximate surface area is 111 Å². The molecule has 0 aliphatic carbocycles. The molecule has 0 saturated carbocycles. The molecule has 1 N–H and O–H groups in total. The van der Waals surface area contributed by atoms with Gasteiger partial charge in [0.15, 0.2) is 0 Å². The Balaban J connectivity index is 2.41. The number of aryl methyl sites for hydroxylation is 2. The minimum absolute atomic E-state index is 1.22. The van der Waals surface area contributed by atoms with Crippen LogP contribution < -0.4 is 0 Å². The summed E-state index contributed by atoms with van der Waals surface area (Å²) in [5, 5.41) is 5.35. The van der Waals surface area contributed by atoms with Gasteiger partial charge in [0.2, 0.25) is 0 Å². The molecule has 1 aromatic heterocycles.